The van der Waals surface area contributed by atoms with Crippen LogP contribution in [0.2, 0.25) is 0 Å². The number of anilines is 1. The summed E-state index contributed by atoms with van der Waals surface area (Å²) in [5, 5.41) is 7.69. The van der Waals surface area contributed by atoms with Crippen LogP contribution in [0.3, 0.4) is 0 Å². The second-order valence-corrected chi connectivity index (χ2v) is 7.80. The van der Waals surface area contributed by atoms with E-state index in [9.17, 15) is 4.79 Å². The highest BCUT2D eigenvalue weighted by molar-refractivity contribution is 5.94. The second-order valence-electron chi connectivity index (χ2n) is 7.80. The molecule has 0 bridgehead atoms. The van der Waals surface area contributed by atoms with Gasteiger partial charge in [-0.25, -0.2) is 0 Å². The van der Waals surface area contributed by atoms with Gasteiger partial charge in [-0.3, -0.25) is 14.4 Å². The van der Waals surface area contributed by atoms with Crippen molar-refractivity contribution in [1.29, 1.82) is 0 Å². The van der Waals surface area contributed by atoms with Crippen LogP contribution in [0.15, 0.2) is 30.5 Å². The number of carbonyl (C=O) groups excluding carboxylic acids is 1. The highest BCUT2D eigenvalue weighted by Gasteiger charge is 2.30. The Kier molecular flexibility index (Phi) is 4.81. The molecule has 0 spiro atoms. The Hall–Kier alpha value is -2.14. The van der Waals surface area contributed by atoms with E-state index < -0.39 is 0 Å². The van der Waals surface area contributed by atoms with Gasteiger partial charge >= 0.3 is 0 Å². The Morgan fingerprint density at radius 1 is 1.19 bits per heavy atom. The Morgan fingerprint density at radius 3 is 2.62 bits per heavy atom. The van der Waals surface area contributed by atoms with Crippen molar-refractivity contribution in [2.45, 2.75) is 57.5 Å². The number of carbonyl (C=O) groups is 1. The predicted octanol–water partition coefficient (Wildman–Crippen LogP) is 3.60. The van der Waals surface area contributed by atoms with Crippen LogP contribution < -0.4 is 5.32 Å². The minimum absolute atomic E-state index is 0.0757. The first-order valence-corrected chi connectivity index (χ1v) is 9.74. The van der Waals surface area contributed by atoms with E-state index in [0.717, 1.165) is 49.7 Å². The molecule has 1 amide bonds. The molecule has 138 valence electrons. The number of amides is 1. The molecular formula is C21H28N4O. The van der Waals surface area contributed by atoms with E-state index in [4.69, 9.17) is 0 Å². The summed E-state index contributed by atoms with van der Waals surface area (Å²) in [6.45, 7) is 3.78. The number of benzene rings is 1. The van der Waals surface area contributed by atoms with Gasteiger partial charge < -0.3 is 5.32 Å². The number of hydrogen-bond donors (Lipinski definition) is 1. The van der Waals surface area contributed by atoms with Gasteiger partial charge in [0.05, 0.1) is 11.7 Å². The molecule has 1 saturated heterocycles. The zero-order valence-corrected chi connectivity index (χ0v) is 15.7. The lowest BCUT2D eigenvalue weighted by Crippen LogP contribution is -2.46. The minimum atomic E-state index is -0.0757. The first-order chi connectivity index (χ1) is 12.6. The van der Waals surface area contributed by atoms with Crippen molar-refractivity contribution in [2.75, 3.05) is 11.9 Å². The standard InChI is InChI=1S/C21H28N4O/c1-15-13-24(2)23-19(15)14-25-12-4-3-5-20(25)21(26)22-18-10-8-17(9-11-18)16-6-7-16/h8-11,13,16,20H,3-7,12,14H2,1-2H3,(H,22,26)/t20-/m1/s1. The van der Waals surface area contributed by atoms with Crippen LogP contribution in [-0.4, -0.2) is 33.2 Å². The van der Waals surface area contributed by atoms with Gasteiger partial charge in [0.25, 0.3) is 0 Å². The van der Waals surface area contributed by atoms with E-state index in [1.165, 1.54) is 24.0 Å². The average Bonchev–Trinajstić information content (AvgIpc) is 3.42. The summed E-state index contributed by atoms with van der Waals surface area (Å²) in [6, 6.07) is 8.32. The molecule has 0 unspecified atom stereocenters. The third-order valence-corrected chi connectivity index (χ3v) is 5.61. The summed E-state index contributed by atoms with van der Waals surface area (Å²) in [4.78, 5) is 15.2. The highest BCUT2D eigenvalue weighted by atomic mass is 16.2. The van der Waals surface area contributed by atoms with Gasteiger partial charge in [0, 0.05) is 25.5 Å². The van der Waals surface area contributed by atoms with Gasteiger partial charge in [-0.05, 0) is 68.3 Å². The maximum atomic E-state index is 12.9. The van der Waals surface area contributed by atoms with Crippen LogP contribution in [0.1, 0.15) is 54.8 Å². The summed E-state index contributed by atoms with van der Waals surface area (Å²) < 4.78 is 1.85. The van der Waals surface area contributed by atoms with Crippen LogP contribution in [0.4, 0.5) is 5.69 Å². The summed E-state index contributed by atoms with van der Waals surface area (Å²) in [5.41, 5.74) is 4.56. The molecule has 1 aliphatic heterocycles. The molecule has 2 aliphatic rings. The van der Waals surface area contributed by atoms with Crippen LogP contribution in [0.5, 0.6) is 0 Å². The Labute approximate surface area is 155 Å². The molecule has 2 fully saturated rings. The van der Waals surface area contributed by atoms with Crippen molar-refractivity contribution in [1.82, 2.24) is 14.7 Å². The van der Waals surface area contributed by atoms with Crippen LogP contribution >= 0.6 is 0 Å². The number of likely N-dealkylation sites (tertiary alicyclic amines) is 1. The summed E-state index contributed by atoms with van der Waals surface area (Å²) in [7, 11) is 1.95. The third kappa shape index (κ3) is 3.83. The van der Waals surface area contributed by atoms with Crippen molar-refractivity contribution < 1.29 is 4.79 Å². The number of rotatable bonds is 5. The monoisotopic (exact) mass is 352 g/mol. The van der Waals surface area contributed by atoms with Crippen molar-refractivity contribution in [3.63, 3.8) is 0 Å². The molecular weight excluding hydrogens is 324 g/mol. The van der Waals surface area contributed by atoms with Crippen LogP contribution in [0, 0.1) is 6.92 Å². The smallest absolute Gasteiger partial charge is 0.241 e. The molecule has 1 aromatic carbocycles. The maximum Gasteiger partial charge on any atom is 0.241 e. The molecule has 5 heteroatoms. The Balaban J connectivity index is 1.42. The summed E-state index contributed by atoms with van der Waals surface area (Å²) in [5.74, 6) is 0.854. The largest absolute Gasteiger partial charge is 0.325 e. The molecule has 4 rings (SSSR count). The quantitative estimate of drug-likeness (QED) is 0.894. The maximum absolute atomic E-state index is 12.9. The minimum Gasteiger partial charge on any atom is -0.325 e. The van der Waals surface area contributed by atoms with Gasteiger partial charge in [-0.15, -0.1) is 0 Å². The molecule has 1 saturated carbocycles. The number of aromatic nitrogens is 2. The van der Waals surface area contributed by atoms with E-state index >= 15 is 0 Å². The van der Waals surface area contributed by atoms with E-state index in [1.807, 2.05) is 30.1 Å². The van der Waals surface area contributed by atoms with Crippen molar-refractivity contribution in [3.8, 4) is 0 Å². The number of nitrogens with one attached hydrogen (secondary N) is 1. The van der Waals surface area contributed by atoms with Crippen molar-refractivity contribution >= 4 is 11.6 Å². The van der Waals surface area contributed by atoms with Gasteiger partial charge in [-0.1, -0.05) is 18.6 Å². The Morgan fingerprint density at radius 2 is 1.96 bits per heavy atom. The van der Waals surface area contributed by atoms with Crippen LogP contribution in [0.25, 0.3) is 0 Å². The van der Waals surface area contributed by atoms with Gasteiger partial charge in [0.15, 0.2) is 0 Å². The van der Waals surface area contributed by atoms with Gasteiger partial charge in [0.1, 0.15) is 0 Å². The molecule has 0 radical (unpaired) electrons. The molecule has 2 heterocycles. The lowest BCUT2D eigenvalue weighted by atomic mass is 10.0. The van der Waals surface area contributed by atoms with Crippen molar-refractivity contribution in [2.24, 2.45) is 7.05 Å². The molecule has 1 N–H and O–H groups in total. The molecule has 5 nitrogen and oxygen atoms in total. The van der Waals surface area contributed by atoms with Gasteiger partial charge in [0.2, 0.25) is 5.91 Å². The van der Waals surface area contributed by atoms with Crippen LogP contribution in [-0.2, 0) is 18.4 Å². The fourth-order valence-electron chi connectivity index (χ4n) is 3.96. The first kappa shape index (κ1) is 17.3. The lowest BCUT2D eigenvalue weighted by molar-refractivity contribution is -0.122. The molecule has 26 heavy (non-hydrogen) atoms. The fourth-order valence-corrected chi connectivity index (χ4v) is 3.96. The highest BCUT2D eigenvalue weighted by Crippen LogP contribution is 2.40. The second kappa shape index (κ2) is 7.23. The number of piperidine rings is 1. The topological polar surface area (TPSA) is 50.2 Å². The zero-order chi connectivity index (χ0) is 18.1. The summed E-state index contributed by atoms with van der Waals surface area (Å²) >= 11 is 0. The zero-order valence-electron chi connectivity index (χ0n) is 15.7. The summed E-state index contributed by atoms with van der Waals surface area (Å²) in [6.07, 6.45) is 7.81. The molecule has 2 aromatic rings. The number of aryl methyl sites for hydroxylation is 2. The molecule has 1 aromatic heterocycles. The first-order valence-electron chi connectivity index (χ1n) is 9.74. The number of nitrogens with zero attached hydrogens (tertiary/aromatic N) is 3. The normalized spacial score (nSPS) is 20.9. The fraction of sp³-hybridized carbons (Fsp3) is 0.524. The van der Waals surface area contributed by atoms with E-state index in [1.54, 1.807) is 0 Å². The Bertz CT molecular complexity index is 776. The lowest BCUT2D eigenvalue weighted by Gasteiger charge is -2.34. The van der Waals surface area contributed by atoms with E-state index in [0.29, 0.717) is 0 Å². The van der Waals surface area contributed by atoms with E-state index in [-0.39, 0.29) is 11.9 Å². The third-order valence-electron chi connectivity index (χ3n) is 5.61. The average molecular weight is 352 g/mol. The number of hydrogen-bond acceptors (Lipinski definition) is 3. The predicted molar refractivity (Wildman–Crippen MR) is 103 cm³/mol. The van der Waals surface area contributed by atoms with Gasteiger partial charge in [-0.2, -0.15) is 5.10 Å². The van der Waals surface area contributed by atoms with E-state index in [2.05, 4.69) is 34.4 Å². The van der Waals surface area contributed by atoms with Crippen molar-refractivity contribution in [3.05, 3.63) is 47.3 Å². The molecule has 1 aliphatic carbocycles. The molecule has 1 atom stereocenters. The SMILES string of the molecule is Cc1cn(C)nc1CN1CCCC[C@@H]1C(=O)Nc1ccc(C2CC2)cc1.